The topological polar surface area (TPSA) is 43.7 Å². The Bertz CT molecular complexity index is 782. The van der Waals surface area contributed by atoms with Crippen LogP contribution in [0.1, 0.15) is 19.3 Å². The van der Waals surface area contributed by atoms with E-state index in [9.17, 15) is 9.18 Å². The number of carbonyl (C=O) groups excluding carboxylic acids is 1. The van der Waals surface area contributed by atoms with Gasteiger partial charge in [-0.25, -0.2) is 4.39 Å². The predicted octanol–water partition coefficient (Wildman–Crippen LogP) is 2.58. The summed E-state index contributed by atoms with van der Waals surface area (Å²) in [5, 5.41) is 0.933. The number of nitrogens with zero attached hydrogens (tertiary/aromatic N) is 2. The zero-order valence-electron chi connectivity index (χ0n) is 14.4. The highest BCUT2D eigenvalue weighted by molar-refractivity contribution is 5.83. The first-order valence-electron chi connectivity index (χ1n) is 8.80. The fourth-order valence-electron chi connectivity index (χ4n) is 4.22. The van der Waals surface area contributed by atoms with Crippen LogP contribution in [0.2, 0.25) is 0 Å². The van der Waals surface area contributed by atoms with Gasteiger partial charge < -0.3 is 18.9 Å². The van der Waals surface area contributed by atoms with Crippen LogP contribution in [0.3, 0.4) is 0 Å². The smallest absolute Gasteiger partial charge is 0.242 e. The maximum absolute atomic E-state index is 13.5. The second kappa shape index (κ2) is 6.42. The maximum atomic E-state index is 13.5. The van der Waals surface area contributed by atoms with E-state index in [-0.39, 0.29) is 30.0 Å². The van der Waals surface area contributed by atoms with Crippen molar-refractivity contribution in [2.24, 2.45) is 0 Å². The standard InChI is InChI=1S/C19H23FN2O3/c1-24-17-6-9-22(13-19(17)7-2-10-25-19)18(23)12-21-8-5-14-3-4-15(20)11-16(14)21/h3-5,8,11,17H,2,6-7,9-10,12-13H2,1H3/t17-,19-/m0/s1. The van der Waals surface area contributed by atoms with Crippen molar-refractivity contribution >= 4 is 16.8 Å². The molecule has 3 heterocycles. The summed E-state index contributed by atoms with van der Waals surface area (Å²) in [5.74, 6) is -0.259. The second-order valence-electron chi connectivity index (χ2n) is 6.99. The van der Waals surface area contributed by atoms with Crippen molar-refractivity contribution in [3.8, 4) is 0 Å². The summed E-state index contributed by atoms with van der Waals surface area (Å²) in [6.07, 6.45) is 4.59. The second-order valence-corrected chi connectivity index (χ2v) is 6.99. The molecule has 0 aliphatic carbocycles. The molecule has 5 nitrogen and oxygen atoms in total. The van der Waals surface area contributed by atoms with Gasteiger partial charge in [-0.3, -0.25) is 4.79 Å². The molecule has 0 saturated carbocycles. The molecule has 6 heteroatoms. The molecule has 0 unspecified atom stereocenters. The van der Waals surface area contributed by atoms with Crippen molar-refractivity contribution < 1.29 is 18.7 Å². The summed E-state index contributed by atoms with van der Waals surface area (Å²) < 4.78 is 27.0. The number of amides is 1. The van der Waals surface area contributed by atoms with Crippen molar-refractivity contribution in [3.63, 3.8) is 0 Å². The molecule has 2 aliphatic heterocycles. The van der Waals surface area contributed by atoms with Crippen molar-refractivity contribution in [1.82, 2.24) is 9.47 Å². The number of ether oxygens (including phenoxy) is 2. The Kier molecular flexibility index (Phi) is 4.25. The highest BCUT2D eigenvalue weighted by atomic mass is 19.1. The average molecular weight is 346 g/mol. The molecule has 2 saturated heterocycles. The quantitative estimate of drug-likeness (QED) is 0.858. The van der Waals surface area contributed by atoms with Crippen LogP contribution in [0.4, 0.5) is 4.39 Å². The number of hydrogen-bond donors (Lipinski definition) is 0. The van der Waals surface area contributed by atoms with Crippen molar-refractivity contribution in [2.75, 3.05) is 26.8 Å². The molecule has 25 heavy (non-hydrogen) atoms. The monoisotopic (exact) mass is 346 g/mol. The molecule has 2 fully saturated rings. The largest absolute Gasteiger partial charge is 0.378 e. The van der Waals surface area contributed by atoms with Crippen LogP contribution in [0.5, 0.6) is 0 Å². The number of carbonyl (C=O) groups is 1. The lowest BCUT2D eigenvalue weighted by Gasteiger charge is -2.44. The number of rotatable bonds is 3. The Hall–Kier alpha value is -1.92. The molecule has 1 aromatic heterocycles. The molecule has 4 rings (SSSR count). The zero-order valence-corrected chi connectivity index (χ0v) is 14.4. The summed E-state index contributed by atoms with van der Waals surface area (Å²) in [6.45, 7) is 2.16. The summed E-state index contributed by atoms with van der Waals surface area (Å²) in [7, 11) is 1.71. The molecule has 2 atom stereocenters. The lowest BCUT2D eigenvalue weighted by atomic mass is 9.87. The molecule has 0 N–H and O–H groups in total. The summed E-state index contributed by atoms with van der Waals surface area (Å²) >= 11 is 0. The summed E-state index contributed by atoms with van der Waals surface area (Å²) in [4.78, 5) is 14.7. The lowest BCUT2D eigenvalue weighted by Crippen LogP contribution is -2.58. The van der Waals surface area contributed by atoms with E-state index in [1.807, 2.05) is 21.7 Å². The van der Waals surface area contributed by atoms with Gasteiger partial charge in [-0.15, -0.1) is 0 Å². The van der Waals surface area contributed by atoms with Gasteiger partial charge in [0.25, 0.3) is 0 Å². The number of likely N-dealkylation sites (tertiary alicyclic amines) is 1. The van der Waals surface area contributed by atoms with Gasteiger partial charge in [0.05, 0.1) is 18.2 Å². The lowest BCUT2D eigenvalue weighted by molar-refractivity contribution is -0.161. The summed E-state index contributed by atoms with van der Waals surface area (Å²) in [5.41, 5.74) is 0.375. The van der Waals surface area contributed by atoms with Gasteiger partial charge in [0, 0.05) is 26.5 Å². The fraction of sp³-hybridized carbons (Fsp3) is 0.526. The Balaban J connectivity index is 1.52. The average Bonchev–Trinajstić information content (AvgIpc) is 3.23. The van der Waals surface area contributed by atoms with E-state index >= 15 is 0 Å². The molecule has 1 amide bonds. The van der Waals surface area contributed by atoms with Crippen molar-refractivity contribution in [2.45, 2.75) is 37.5 Å². The highest BCUT2D eigenvalue weighted by Gasteiger charge is 2.48. The Labute approximate surface area is 146 Å². The number of piperidine rings is 1. The van der Waals surface area contributed by atoms with Gasteiger partial charge in [-0.1, -0.05) is 0 Å². The van der Waals surface area contributed by atoms with Crippen LogP contribution in [0, 0.1) is 5.82 Å². The Morgan fingerprint density at radius 2 is 2.32 bits per heavy atom. The van der Waals surface area contributed by atoms with Gasteiger partial charge >= 0.3 is 0 Å². The van der Waals surface area contributed by atoms with E-state index in [2.05, 4.69) is 0 Å². The first-order valence-corrected chi connectivity index (χ1v) is 8.80. The van der Waals surface area contributed by atoms with Gasteiger partial charge in [-0.2, -0.15) is 0 Å². The fourth-order valence-corrected chi connectivity index (χ4v) is 4.22. The van der Waals surface area contributed by atoms with Gasteiger partial charge in [0.2, 0.25) is 5.91 Å². The number of aromatic nitrogens is 1. The van der Waals surface area contributed by atoms with Crippen LogP contribution >= 0.6 is 0 Å². The van der Waals surface area contributed by atoms with E-state index in [1.165, 1.54) is 12.1 Å². The molecular formula is C19H23FN2O3. The Morgan fingerprint density at radius 3 is 3.08 bits per heavy atom. The number of methoxy groups -OCH3 is 1. The highest BCUT2D eigenvalue weighted by Crippen LogP contribution is 2.36. The zero-order chi connectivity index (χ0) is 17.4. The molecule has 2 aromatic rings. The molecule has 134 valence electrons. The van der Waals surface area contributed by atoms with E-state index in [1.54, 1.807) is 13.2 Å². The first kappa shape index (κ1) is 16.5. The van der Waals surface area contributed by atoms with Crippen LogP contribution in [0.25, 0.3) is 10.9 Å². The third kappa shape index (κ3) is 2.93. The van der Waals surface area contributed by atoms with Gasteiger partial charge in [0.15, 0.2) is 0 Å². The molecule has 0 radical (unpaired) electrons. The number of hydrogen-bond acceptors (Lipinski definition) is 3. The number of halogens is 1. The minimum absolute atomic E-state index is 0.0335. The minimum Gasteiger partial charge on any atom is -0.378 e. The normalized spacial score (nSPS) is 26.6. The van der Waals surface area contributed by atoms with Gasteiger partial charge in [-0.05, 0) is 48.9 Å². The first-order chi connectivity index (χ1) is 12.1. The third-order valence-corrected chi connectivity index (χ3v) is 5.52. The third-order valence-electron chi connectivity index (χ3n) is 5.52. The van der Waals surface area contributed by atoms with Gasteiger partial charge in [0.1, 0.15) is 18.0 Å². The van der Waals surface area contributed by atoms with Crippen molar-refractivity contribution in [3.05, 3.63) is 36.3 Å². The maximum Gasteiger partial charge on any atom is 0.242 e. The van der Waals surface area contributed by atoms with E-state index in [0.717, 1.165) is 36.8 Å². The van der Waals surface area contributed by atoms with E-state index < -0.39 is 0 Å². The van der Waals surface area contributed by atoms with Crippen LogP contribution < -0.4 is 0 Å². The number of fused-ring (bicyclic) bond motifs is 1. The molecule has 1 spiro atoms. The van der Waals surface area contributed by atoms with Crippen LogP contribution in [-0.4, -0.2) is 53.9 Å². The van der Waals surface area contributed by atoms with E-state index in [4.69, 9.17) is 9.47 Å². The van der Waals surface area contributed by atoms with Crippen LogP contribution in [-0.2, 0) is 20.8 Å². The Morgan fingerprint density at radius 1 is 1.44 bits per heavy atom. The minimum atomic E-state index is -0.368. The van der Waals surface area contributed by atoms with E-state index in [0.29, 0.717) is 13.1 Å². The molecular weight excluding hydrogens is 323 g/mol. The number of benzene rings is 1. The SMILES string of the molecule is CO[C@H]1CCN(C(=O)Cn2ccc3ccc(F)cc32)C[C@@]12CCCO2. The summed E-state index contributed by atoms with van der Waals surface area (Å²) in [6, 6.07) is 6.55. The molecule has 0 bridgehead atoms. The van der Waals surface area contributed by atoms with Crippen molar-refractivity contribution in [1.29, 1.82) is 0 Å². The molecule has 2 aliphatic rings. The predicted molar refractivity (Wildman–Crippen MR) is 91.8 cm³/mol. The van der Waals surface area contributed by atoms with Crippen LogP contribution in [0.15, 0.2) is 30.5 Å². The molecule has 1 aromatic carbocycles.